The molecule has 0 aliphatic heterocycles. The van der Waals surface area contributed by atoms with Crippen molar-refractivity contribution >= 4 is 22.2 Å². The van der Waals surface area contributed by atoms with Crippen molar-refractivity contribution in [3.8, 4) is 0 Å². The normalized spacial score (nSPS) is 9.89. The van der Waals surface area contributed by atoms with Gasteiger partial charge in [0, 0.05) is 11.2 Å². The second-order valence-corrected chi connectivity index (χ2v) is 4.05. The second-order valence-electron chi connectivity index (χ2n) is 2.40. The number of hydrogen-bond acceptors (Lipinski definition) is 7. The van der Waals surface area contributed by atoms with Crippen LogP contribution < -0.4 is 93.8 Å². The SMILES string of the molecule is O=C=O.[CH2-]CC(CCC(=O)[O-])S(=O)(=O)[O-].[Na+].[Na+].[Na+]. The van der Waals surface area contributed by atoms with Gasteiger partial charge < -0.3 is 21.4 Å². The van der Waals surface area contributed by atoms with Crippen LogP contribution in [0.1, 0.15) is 19.3 Å². The Kier molecular flexibility index (Phi) is 33.3. The van der Waals surface area contributed by atoms with Crippen LogP contribution in [0.25, 0.3) is 0 Å². The Morgan fingerprint density at radius 2 is 1.56 bits per heavy atom. The van der Waals surface area contributed by atoms with Crippen molar-refractivity contribution in [3.05, 3.63) is 6.92 Å². The zero-order chi connectivity index (χ0) is 12.5. The smallest absolute Gasteiger partial charge is 0.748 e. The number of carbonyl (C=O) groups excluding carboxylic acids is 3. The minimum Gasteiger partial charge on any atom is -0.748 e. The van der Waals surface area contributed by atoms with Crippen LogP contribution in [-0.2, 0) is 24.5 Å². The van der Waals surface area contributed by atoms with E-state index in [4.69, 9.17) is 9.59 Å². The van der Waals surface area contributed by atoms with Gasteiger partial charge in [-0.15, -0.1) is 0 Å². The van der Waals surface area contributed by atoms with E-state index in [1.54, 1.807) is 0 Å². The third kappa shape index (κ3) is 22.9. The van der Waals surface area contributed by atoms with Gasteiger partial charge >= 0.3 is 94.8 Å². The number of rotatable bonds is 5. The summed E-state index contributed by atoms with van der Waals surface area (Å²) in [6.07, 6.45) is -0.515. The quantitative estimate of drug-likeness (QED) is 0.280. The van der Waals surface area contributed by atoms with Crippen LogP contribution in [0.5, 0.6) is 0 Å². The first-order valence-electron chi connectivity index (χ1n) is 3.72. The summed E-state index contributed by atoms with van der Waals surface area (Å²) in [6.45, 7) is 3.24. The maximum Gasteiger partial charge on any atom is 1.00 e. The summed E-state index contributed by atoms with van der Waals surface area (Å²) in [5.41, 5.74) is 0. The van der Waals surface area contributed by atoms with Gasteiger partial charge in [-0.25, -0.2) is 8.42 Å². The summed E-state index contributed by atoms with van der Waals surface area (Å²) in [5, 5.41) is 8.71. The van der Waals surface area contributed by atoms with Crippen LogP contribution in [0, 0.1) is 6.92 Å². The standard InChI is InChI=1S/C6H11O5S.CO2.3Na/c1-2-5(12(9,10)11)3-4-6(7)8;2-1-3;;;/h5H,1-4H2,(H,7,8)(H,9,10,11);;;;/q-1;;3*+1/p-2. The molecule has 0 aliphatic rings. The molecule has 0 aromatic heterocycles. The Balaban J connectivity index is -0.0000000852. The molecule has 1 unspecified atom stereocenters. The van der Waals surface area contributed by atoms with E-state index in [1.807, 2.05) is 0 Å². The minimum atomic E-state index is -4.41. The number of carboxylic acid groups (broad SMARTS) is 1. The second kappa shape index (κ2) is 18.8. The molecule has 0 saturated heterocycles. The van der Waals surface area contributed by atoms with Gasteiger partial charge in [-0.3, -0.25) is 0 Å². The molecule has 0 heterocycles. The van der Waals surface area contributed by atoms with Crippen molar-refractivity contribution in [2.24, 2.45) is 0 Å². The molecule has 0 radical (unpaired) electrons. The summed E-state index contributed by atoms with van der Waals surface area (Å²) >= 11 is 0. The van der Waals surface area contributed by atoms with E-state index in [0.29, 0.717) is 0 Å². The average Bonchev–Trinajstić information content (AvgIpc) is 2.03. The fourth-order valence-corrected chi connectivity index (χ4v) is 1.41. The fourth-order valence-electron chi connectivity index (χ4n) is 0.712. The molecule has 11 heteroatoms. The van der Waals surface area contributed by atoms with Gasteiger partial charge in [0.15, 0.2) is 0 Å². The first kappa shape index (κ1) is 31.9. The van der Waals surface area contributed by atoms with Crippen molar-refractivity contribution in [2.45, 2.75) is 24.5 Å². The molecule has 0 aliphatic carbocycles. The van der Waals surface area contributed by atoms with Crippen LogP contribution in [0.2, 0.25) is 0 Å². The zero-order valence-electron chi connectivity index (χ0n) is 10.7. The van der Waals surface area contributed by atoms with Gasteiger partial charge in [0.2, 0.25) is 0 Å². The number of carbonyl (C=O) groups is 1. The molecule has 0 fully saturated rings. The largest absolute Gasteiger partial charge is 1.00 e. The molecule has 0 aromatic carbocycles. The number of hydrogen-bond donors (Lipinski definition) is 0. The zero-order valence-corrected chi connectivity index (χ0v) is 17.5. The maximum atomic E-state index is 10.4. The summed E-state index contributed by atoms with van der Waals surface area (Å²) in [4.78, 5) is 26.2. The van der Waals surface area contributed by atoms with E-state index in [0.717, 1.165) is 0 Å². The van der Waals surface area contributed by atoms with E-state index >= 15 is 0 Å². The first-order valence-corrected chi connectivity index (χ1v) is 5.19. The van der Waals surface area contributed by atoms with Crippen LogP contribution in [0.15, 0.2) is 0 Å². The van der Waals surface area contributed by atoms with Gasteiger partial charge in [0.25, 0.3) is 0 Å². The third-order valence-corrected chi connectivity index (χ3v) is 2.69. The van der Waals surface area contributed by atoms with Crippen molar-refractivity contribution in [1.82, 2.24) is 0 Å². The maximum absolute atomic E-state index is 10.4. The van der Waals surface area contributed by atoms with Crippen LogP contribution >= 0.6 is 0 Å². The molecule has 1 atom stereocenters. The molecule has 0 rings (SSSR count). The molecule has 7 nitrogen and oxygen atoms in total. The Morgan fingerprint density at radius 3 is 1.72 bits per heavy atom. The molecule has 0 bridgehead atoms. The van der Waals surface area contributed by atoms with Crippen molar-refractivity contribution in [2.75, 3.05) is 0 Å². The van der Waals surface area contributed by atoms with Crippen LogP contribution in [0.4, 0.5) is 0 Å². The first-order chi connectivity index (χ1) is 6.79. The number of carboxylic acids is 1. The van der Waals surface area contributed by atoms with E-state index in [9.17, 15) is 22.9 Å². The monoisotopic (exact) mass is 306 g/mol. The van der Waals surface area contributed by atoms with Crippen molar-refractivity contribution in [1.29, 1.82) is 0 Å². The van der Waals surface area contributed by atoms with E-state index in [-0.39, 0.29) is 108 Å². The molecular formula is C7H9Na3O7S. The van der Waals surface area contributed by atoms with E-state index in [1.165, 1.54) is 0 Å². The van der Waals surface area contributed by atoms with Gasteiger partial charge in [-0.2, -0.15) is 16.0 Å². The topological polar surface area (TPSA) is 131 Å². The van der Waals surface area contributed by atoms with Crippen LogP contribution in [-0.4, -0.2) is 30.3 Å². The summed E-state index contributed by atoms with van der Waals surface area (Å²) < 4.78 is 31.1. The minimum absolute atomic E-state index is 0. The molecule has 18 heavy (non-hydrogen) atoms. The van der Waals surface area contributed by atoms with E-state index < -0.39 is 27.8 Å². The van der Waals surface area contributed by atoms with Crippen LogP contribution in [0.3, 0.4) is 0 Å². The Bertz CT molecular complexity index is 324. The number of aliphatic carboxylic acids is 1. The molecule has 0 aromatic rings. The molecule has 0 amide bonds. The van der Waals surface area contributed by atoms with Gasteiger partial charge in [0.1, 0.15) is 0 Å². The molecule has 0 spiro atoms. The molecule has 0 N–H and O–H groups in total. The summed E-state index contributed by atoms with van der Waals surface area (Å²) in [7, 11) is -4.41. The van der Waals surface area contributed by atoms with Gasteiger partial charge in [-0.05, 0) is 12.8 Å². The van der Waals surface area contributed by atoms with Gasteiger partial charge in [0.05, 0.1) is 10.1 Å². The summed E-state index contributed by atoms with van der Waals surface area (Å²) in [5.74, 6) is -1.36. The molecule has 88 valence electrons. The fraction of sp³-hybridized carbons (Fsp3) is 0.571. The predicted molar refractivity (Wildman–Crippen MR) is 42.7 cm³/mol. The summed E-state index contributed by atoms with van der Waals surface area (Å²) in [6, 6.07) is 0. The average molecular weight is 306 g/mol. The Morgan fingerprint density at radius 1 is 1.22 bits per heavy atom. The van der Waals surface area contributed by atoms with E-state index in [2.05, 4.69) is 6.92 Å². The third-order valence-electron chi connectivity index (χ3n) is 1.40. The Labute approximate surface area is 172 Å². The van der Waals surface area contributed by atoms with Crippen molar-refractivity contribution < 1.29 is 121 Å². The predicted octanol–water partition coefficient (Wildman–Crippen LogP) is -10.9. The van der Waals surface area contributed by atoms with Crippen molar-refractivity contribution in [3.63, 3.8) is 0 Å². The van der Waals surface area contributed by atoms with Gasteiger partial charge in [-0.1, -0.05) is 0 Å². The molecule has 0 saturated carbocycles. The molecular weight excluding hydrogens is 297 g/mol. The Hall–Kier alpha value is 1.76.